The molecule has 0 fully saturated rings. The summed E-state index contributed by atoms with van der Waals surface area (Å²) in [6.07, 6.45) is 0. The van der Waals surface area contributed by atoms with Crippen LogP contribution >= 0.6 is 0 Å². The molecule has 3 aromatic rings. The quantitative estimate of drug-likeness (QED) is 0.676. The molecule has 5 nitrogen and oxygen atoms in total. The first-order valence-corrected chi connectivity index (χ1v) is 6.12. The molecule has 0 radical (unpaired) electrons. The number of rotatable bonds is 1. The molecule has 0 atom stereocenters. The van der Waals surface area contributed by atoms with Crippen LogP contribution in [0.15, 0.2) is 24.3 Å². The zero-order valence-electron chi connectivity index (χ0n) is 11.2. The molecule has 0 saturated heterocycles. The van der Waals surface area contributed by atoms with E-state index in [0.717, 1.165) is 33.9 Å². The van der Waals surface area contributed by atoms with Gasteiger partial charge in [0, 0.05) is 16.8 Å². The maximum Gasteiger partial charge on any atom is 0.148 e. The summed E-state index contributed by atoms with van der Waals surface area (Å²) >= 11 is 0. The van der Waals surface area contributed by atoms with Crippen molar-refractivity contribution in [2.24, 2.45) is 0 Å². The van der Waals surface area contributed by atoms with Crippen molar-refractivity contribution in [1.82, 2.24) is 19.7 Å². The maximum atomic E-state index is 5.88. The van der Waals surface area contributed by atoms with Gasteiger partial charge in [-0.2, -0.15) is 5.10 Å². The van der Waals surface area contributed by atoms with Crippen molar-refractivity contribution in [3.05, 3.63) is 41.6 Å². The number of nitrogen functional groups attached to an aromatic ring is 1. The van der Waals surface area contributed by atoms with Crippen LogP contribution in [0.4, 0.5) is 5.69 Å². The van der Waals surface area contributed by atoms with E-state index in [1.165, 1.54) is 0 Å². The third-order valence-corrected chi connectivity index (χ3v) is 3.04. The summed E-state index contributed by atoms with van der Waals surface area (Å²) in [6.45, 7) is 5.79. The predicted octanol–water partition coefficient (Wildman–Crippen LogP) is 2.32. The fourth-order valence-electron chi connectivity index (χ4n) is 2.28. The number of benzene rings is 1. The van der Waals surface area contributed by atoms with E-state index in [-0.39, 0.29) is 0 Å². The van der Waals surface area contributed by atoms with Crippen LogP contribution in [0.25, 0.3) is 16.6 Å². The van der Waals surface area contributed by atoms with E-state index in [1.807, 2.05) is 49.7 Å². The lowest BCUT2D eigenvalue weighted by Crippen LogP contribution is -2.02. The van der Waals surface area contributed by atoms with Gasteiger partial charge in [0.1, 0.15) is 11.6 Å². The number of fused-ring (bicyclic) bond motifs is 1. The second-order valence-electron chi connectivity index (χ2n) is 4.68. The number of hydrogen-bond acceptors (Lipinski definition) is 4. The summed E-state index contributed by atoms with van der Waals surface area (Å²) in [7, 11) is 0. The predicted molar refractivity (Wildman–Crippen MR) is 75.3 cm³/mol. The third-order valence-electron chi connectivity index (χ3n) is 3.04. The lowest BCUT2D eigenvalue weighted by atomic mass is 10.1. The molecule has 0 aliphatic carbocycles. The molecule has 5 heteroatoms. The fraction of sp³-hybridized carbons (Fsp3) is 0.214. The summed E-state index contributed by atoms with van der Waals surface area (Å²) in [5, 5.41) is 5.42. The Morgan fingerprint density at radius 1 is 1.05 bits per heavy atom. The normalized spacial score (nSPS) is 11.1. The van der Waals surface area contributed by atoms with Gasteiger partial charge in [0.2, 0.25) is 0 Å². The van der Waals surface area contributed by atoms with E-state index in [2.05, 4.69) is 15.1 Å². The number of pyridine rings is 1. The Bertz CT molecular complexity index is 773. The molecular weight excluding hydrogens is 238 g/mol. The van der Waals surface area contributed by atoms with Gasteiger partial charge in [-0.15, -0.1) is 0 Å². The lowest BCUT2D eigenvalue weighted by Gasteiger charge is -2.09. The molecule has 0 amide bonds. The van der Waals surface area contributed by atoms with Crippen molar-refractivity contribution >= 4 is 16.6 Å². The molecule has 96 valence electrons. The largest absolute Gasteiger partial charge is 0.399 e. The Morgan fingerprint density at radius 3 is 2.53 bits per heavy atom. The molecule has 0 unspecified atom stereocenters. The van der Waals surface area contributed by atoms with Crippen LogP contribution in [-0.2, 0) is 0 Å². The Balaban J connectivity index is 2.39. The monoisotopic (exact) mass is 253 g/mol. The van der Waals surface area contributed by atoms with Gasteiger partial charge in [-0.25, -0.2) is 9.67 Å². The van der Waals surface area contributed by atoms with Crippen LogP contribution in [0.2, 0.25) is 0 Å². The highest BCUT2D eigenvalue weighted by Gasteiger charge is 2.11. The van der Waals surface area contributed by atoms with Gasteiger partial charge in [0.25, 0.3) is 0 Å². The van der Waals surface area contributed by atoms with Crippen molar-refractivity contribution in [3.8, 4) is 5.69 Å². The van der Waals surface area contributed by atoms with Gasteiger partial charge in [0.15, 0.2) is 0 Å². The summed E-state index contributed by atoms with van der Waals surface area (Å²) in [6, 6.07) is 7.72. The minimum absolute atomic E-state index is 0.717. The molecule has 1 aromatic carbocycles. The number of nitrogens with zero attached hydrogens (tertiary/aromatic N) is 4. The van der Waals surface area contributed by atoms with Gasteiger partial charge in [-0.05, 0) is 45.0 Å². The highest BCUT2D eigenvalue weighted by Crippen LogP contribution is 2.24. The maximum absolute atomic E-state index is 5.88. The zero-order chi connectivity index (χ0) is 13.6. The number of aryl methyl sites for hydroxylation is 3. The molecule has 2 heterocycles. The molecule has 0 bridgehead atoms. The summed E-state index contributed by atoms with van der Waals surface area (Å²) in [5.41, 5.74) is 9.42. The standard InChI is InChI=1S/C14H15N5/c1-8-6-14(19-10(3)17-9(2)18-19)12-7-11(15)4-5-13(12)16-8/h4-7H,15H2,1-3H3. The second-order valence-corrected chi connectivity index (χ2v) is 4.68. The van der Waals surface area contributed by atoms with E-state index in [0.29, 0.717) is 5.69 Å². The summed E-state index contributed by atoms with van der Waals surface area (Å²) < 4.78 is 1.84. The van der Waals surface area contributed by atoms with Crippen molar-refractivity contribution in [2.45, 2.75) is 20.8 Å². The van der Waals surface area contributed by atoms with Gasteiger partial charge >= 0.3 is 0 Å². The first kappa shape index (κ1) is 11.6. The molecular formula is C14H15N5. The number of nitrogens with two attached hydrogens (primary N) is 1. The van der Waals surface area contributed by atoms with Crippen molar-refractivity contribution < 1.29 is 0 Å². The second kappa shape index (κ2) is 4.05. The Hall–Kier alpha value is -2.43. The Morgan fingerprint density at radius 2 is 1.84 bits per heavy atom. The third kappa shape index (κ3) is 1.93. The zero-order valence-corrected chi connectivity index (χ0v) is 11.2. The first-order chi connectivity index (χ1) is 9.04. The molecule has 3 rings (SSSR count). The SMILES string of the molecule is Cc1cc(-n2nc(C)nc2C)c2cc(N)ccc2n1. The van der Waals surface area contributed by atoms with Crippen LogP contribution < -0.4 is 5.73 Å². The van der Waals surface area contributed by atoms with Crippen LogP contribution in [0.5, 0.6) is 0 Å². The average molecular weight is 253 g/mol. The molecule has 0 spiro atoms. The molecule has 2 N–H and O–H groups in total. The van der Waals surface area contributed by atoms with Gasteiger partial charge in [0.05, 0.1) is 11.2 Å². The highest BCUT2D eigenvalue weighted by molar-refractivity contribution is 5.89. The summed E-state index contributed by atoms with van der Waals surface area (Å²) in [5.74, 6) is 1.61. The molecule has 2 aromatic heterocycles. The average Bonchev–Trinajstić information content (AvgIpc) is 2.68. The van der Waals surface area contributed by atoms with Gasteiger partial charge in [-0.1, -0.05) is 0 Å². The highest BCUT2D eigenvalue weighted by atomic mass is 15.3. The first-order valence-electron chi connectivity index (χ1n) is 6.12. The molecule has 19 heavy (non-hydrogen) atoms. The molecule has 0 aliphatic heterocycles. The van der Waals surface area contributed by atoms with Crippen LogP contribution in [0.1, 0.15) is 17.3 Å². The van der Waals surface area contributed by atoms with Crippen molar-refractivity contribution in [3.63, 3.8) is 0 Å². The van der Waals surface area contributed by atoms with Crippen LogP contribution in [0.3, 0.4) is 0 Å². The van der Waals surface area contributed by atoms with E-state index in [9.17, 15) is 0 Å². The van der Waals surface area contributed by atoms with E-state index >= 15 is 0 Å². The van der Waals surface area contributed by atoms with E-state index in [4.69, 9.17) is 5.73 Å². The van der Waals surface area contributed by atoms with Crippen LogP contribution in [-0.4, -0.2) is 19.7 Å². The van der Waals surface area contributed by atoms with Crippen LogP contribution in [0, 0.1) is 20.8 Å². The Labute approximate surface area is 111 Å². The van der Waals surface area contributed by atoms with Gasteiger partial charge < -0.3 is 5.73 Å². The molecule has 0 aliphatic rings. The van der Waals surface area contributed by atoms with Crippen molar-refractivity contribution in [1.29, 1.82) is 0 Å². The lowest BCUT2D eigenvalue weighted by molar-refractivity contribution is 0.834. The minimum atomic E-state index is 0.717. The summed E-state index contributed by atoms with van der Waals surface area (Å²) in [4.78, 5) is 8.87. The van der Waals surface area contributed by atoms with E-state index < -0.39 is 0 Å². The number of aromatic nitrogens is 4. The topological polar surface area (TPSA) is 69.6 Å². The number of hydrogen-bond donors (Lipinski definition) is 1. The van der Waals surface area contributed by atoms with Crippen molar-refractivity contribution in [2.75, 3.05) is 5.73 Å². The van der Waals surface area contributed by atoms with Gasteiger partial charge in [-0.3, -0.25) is 4.98 Å². The minimum Gasteiger partial charge on any atom is -0.399 e. The Kier molecular flexibility index (Phi) is 2.48. The fourth-order valence-corrected chi connectivity index (χ4v) is 2.28. The molecule has 0 saturated carbocycles. The van der Waals surface area contributed by atoms with E-state index in [1.54, 1.807) is 0 Å². The smallest absolute Gasteiger partial charge is 0.148 e. The number of anilines is 1.